The van der Waals surface area contributed by atoms with Crippen LogP contribution in [0.5, 0.6) is 11.5 Å². The Morgan fingerprint density at radius 1 is 1.18 bits per heavy atom. The van der Waals surface area contributed by atoms with Gasteiger partial charge >= 0.3 is 11.9 Å². The highest BCUT2D eigenvalue weighted by Gasteiger charge is 2.65. The average Bonchev–Trinajstić information content (AvgIpc) is 2.91. The summed E-state index contributed by atoms with van der Waals surface area (Å²) < 4.78 is 11.9. The Hall–Kier alpha value is -2.80. The third-order valence-electron chi connectivity index (χ3n) is 7.76. The summed E-state index contributed by atoms with van der Waals surface area (Å²) in [6, 6.07) is 3.76. The van der Waals surface area contributed by atoms with Crippen molar-refractivity contribution in [2.75, 3.05) is 0 Å². The summed E-state index contributed by atoms with van der Waals surface area (Å²) in [5.41, 5.74) is -0.286. The number of hydrogen-bond acceptors (Lipinski definition) is 7. The predicted molar refractivity (Wildman–Crippen MR) is 127 cm³/mol. The maximum atomic E-state index is 13.0. The molecular weight excluding hydrogens is 436 g/mol. The van der Waals surface area contributed by atoms with Gasteiger partial charge in [-0.25, -0.2) is 9.59 Å². The molecule has 186 valence electrons. The highest BCUT2D eigenvalue weighted by molar-refractivity contribution is 5.90. The van der Waals surface area contributed by atoms with Gasteiger partial charge < -0.3 is 24.8 Å². The van der Waals surface area contributed by atoms with Crippen molar-refractivity contribution in [1.82, 2.24) is 0 Å². The van der Waals surface area contributed by atoms with E-state index in [0.29, 0.717) is 18.4 Å². The van der Waals surface area contributed by atoms with E-state index in [1.165, 1.54) is 12.1 Å². The second-order valence-electron chi connectivity index (χ2n) is 10.3. The molecule has 0 aliphatic heterocycles. The summed E-state index contributed by atoms with van der Waals surface area (Å²) >= 11 is 0. The molecule has 3 rings (SSSR count). The van der Waals surface area contributed by atoms with Crippen LogP contribution in [0.2, 0.25) is 0 Å². The van der Waals surface area contributed by atoms with Crippen LogP contribution in [0.4, 0.5) is 0 Å². The SMILES string of the molecule is CC=C(C)C(=O)O[C@H]1C[C@](O)(C(C)C)[C@H]2[C@H](OC(=O)c3ccc(O)c(O)c3)CC(C)=CC[C@@]12C. The first-order chi connectivity index (χ1) is 15.8. The molecule has 7 heteroatoms. The van der Waals surface area contributed by atoms with Gasteiger partial charge in [0.25, 0.3) is 0 Å². The minimum absolute atomic E-state index is 0.0978. The molecule has 0 radical (unpaired) electrons. The number of phenolic OH excluding ortho intramolecular Hbond substituents is 2. The van der Waals surface area contributed by atoms with E-state index in [1.807, 2.05) is 27.7 Å². The highest BCUT2D eigenvalue weighted by Crippen LogP contribution is 2.59. The Bertz CT molecular complexity index is 1020. The van der Waals surface area contributed by atoms with E-state index >= 15 is 0 Å². The number of ether oxygens (including phenoxy) is 2. The van der Waals surface area contributed by atoms with Crippen molar-refractivity contribution in [2.45, 2.75) is 78.6 Å². The van der Waals surface area contributed by atoms with E-state index in [9.17, 15) is 24.9 Å². The summed E-state index contributed by atoms with van der Waals surface area (Å²) in [7, 11) is 0. The van der Waals surface area contributed by atoms with Crippen LogP contribution >= 0.6 is 0 Å². The van der Waals surface area contributed by atoms with Crippen molar-refractivity contribution in [3.8, 4) is 11.5 Å². The van der Waals surface area contributed by atoms with Crippen LogP contribution in [0.15, 0.2) is 41.5 Å². The number of aromatic hydroxyl groups is 2. The van der Waals surface area contributed by atoms with Gasteiger partial charge in [-0.2, -0.15) is 0 Å². The van der Waals surface area contributed by atoms with E-state index in [0.717, 1.165) is 11.6 Å². The molecule has 0 spiro atoms. The number of phenols is 2. The van der Waals surface area contributed by atoms with Gasteiger partial charge in [-0.3, -0.25) is 0 Å². The molecule has 7 nitrogen and oxygen atoms in total. The summed E-state index contributed by atoms with van der Waals surface area (Å²) in [5, 5.41) is 31.3. The summed E-state index contributed by atoms with van der Waals surface area (Å²) in [6.45, 7) is 11.3. The van der Waals surface area contributed by atoms with Crippen molar-refractivity contribution < 1.29 is 34.4 Å². The summed E-state index contributed by atoms with van der Waals surface area (Å²) in [4.78, 5) is 25.7. The maximum Gasteiger partial charge on any atom is 0.338 e. The first-order valence-corrected chi connectivity index (χ1v) is 11.8. The van der Waals surface area contributed by atoms with Gasteiger partial charge in [-0.15, -0.1) is 0 Å². The van der Waals surface area contributed by atoms with Crippen LogP contribution in [0.3, 0.4) is 0 Å². The fourth-order valence-corrected chi connectivity index (χ4v) is 5.42. The lowest BCUT2D eigenvalue weighted by atomic mass is 9.67. The number of esters is 2. The lowest BCUT2D eigenvalue weighted by molar-refractivity contribution is -0.151. The van der Waals surface area contributed by atoms with Crippen LogP contribution in [0, 0.1) is 17.3 Å². The summed E-state index contributed by atoms with van der Waals surface area (Å²) in [6.07, 6.45) is 3.78. The van der Waals surface area contributed by atoms with E-state index in [1.54, 1.807) is 19.9 Å². The molecule has 0 amide bonds. The minimum atomic E-state index is -1.23. The molecule has 1 saturated carbocycles. The van der Waals surface area contributed by atoms with Crippen LogP contribution in [0.1, 0.15) is 71.2 Å². The molecule has 2 aliphatic rings. The Balaban J connectivity index is 2.01. The standard InChI is InChI=1S/C27H36O7/c1-7-17(5)24(30)34-22-14-27(32,15(2)3)23-21(12-16(4)10-11-26(22,23)6)33-25(31)18-8-9-19(28)20(29)13-18/h7-10,13,15,21-23,28-29,32H,11-12,14H2,1-6H3/t21-,22+,23+,26+,27+/m1/s1. The molecular formula is C27H36O7. The van der Waals surface area contributed by atoms with Crippen molar-refractivity contribution >= 4 is 11.9 Å². The zero-order chi connectivity index (χ0) is 25.4. The fraction of sp³-hybridized carbons (Fsp3) is 0.556. The quantitative estimate of drug-likeness (QED) is 0.247. The molecule has 1 fully saturated rings. The van der Waals surface area contributed by atoms with Crippen molar-refractivity contribution in [2.24, 2.45) is 17.3 Å². The lowest BCUT2D eigenvalue weighted by Crippen LogP contribution is -2.50. The molecule has 0 bridgehead atoms. The zero-order valence-electron chi connectivity index (χ0n) is 20.8. The first kappa shape index (κ1) is 25.8. The number of carbonyl (C=O) groups excluding carboxylic acids is 2. The Morgan fingerprint density at radius 3 is 2.44 bits per heavy atom. The van der Waals surface area contributed by atoms with Gasteiger partial charge in [-0.1, -0.05) is 38.5 Å². The first-order valence-electron chi connectivity index (χ1n) is 11.8. The molecule has 1 aromatic carbocycles. The van der Waals surface area contributed by atoms with Gasteiger partial charge in [0.2, 0.25) is 0 Å². The second-order valence-corrected chi connectivity index (χ2v) is 10.3. The van der Waals surface area contributed by atoms with Gasteiger partial charge in [0.05, 0.1) is 11.2 Å². The molecule has 1 aromatic rings. The lowest BCUT2D eigenvalue weighted by Gasteiger charge is -2.43. The number of allylic oxidation sites excluding steroid dienone is 2. The minimum Gasteiger partial charge on any atom is -0.504 e. The molecule has 0 aromatic heterocycles. The normalized spacial score (nSPS) is 31.5. The topological polar surface area (TPSA) is 113 Å². The highest BCUT2D eigenvalue weighted by atomic mass is 16.6. The number of carbonyl (C=O) groups is 2. The molecule has 2 aliphatic carbocycles. The largest absolute Gasteiger partial charge is 0.504 e. The second kappa shape index (κ2) is 9.45. The Kier molecular flexibility index (Phi) is 7.18. The molecule has 5 atom stereocenters. The monoisotopic (exact) mass is 472 g/mol. The van der Waals surface area contributed by atoms with Crippen LogP contribution < -0.4 is 0 Å². The Morgan fingerprint density at radius 2 is 1.85 bits per heavy atom. The van der Waals surface area contributed by atoms with Crippen molar-refractivity contribution in [1.29, 1.82) is 0 Å². The molecule has 0 heterocycles. The number of fused-ring (bicyclic) bond motifs is 1. The van der Waals surface area contributed by atoms with E-state index < -0.39 is 46.8 Å². The van der Waals surface area contributed by atoms with Crippen molar-refractivity contribution in [3.63, 3.8) is 0 Å². The maximum absolute atomic E-state index is 13.0. The smallest absolute Gasteiger partial charge is 0.338 e. The van der Waals surface area contributed by atoms with Gasteiger partial charge in [-0.05, 0) is 51.3 Å². The number of rotatable bonds is 5. The Labute approximate surface area is 201 Å². The van der Waals surface area contributed by atoms with Crippen LogP contribution in [-0.4, -0.2) is 45.1 Å². The third-order valence-corrected chi connectivity index (χ3v) is 7.76. The molecule has 34 heavy (non-hydrogen) atoms. The molecule has 0 unspecified atom stereocenters. The summed E-state index contributed by atoms with van der Waals surface area (Å²) in [5.74, 6) is -2.49. The van der Waals surface area contributed by atoms with Crippen molar-refractivity contribution in [3.05, 3.63) is 47.1 Å². The van der Waals surface area contributed by atoms with E-state index in [4.69, 9.17) is 9.47 Å². The fourth-order valence-electron chi connectivity index (χ4n) is 5.42. The average molecular weight is 473 g/mol. The van der Waals surface area contributed by atoms with Crippen LogP contribution in [-0.2, 0) is 14.3 Å². The van der Waals surface area contributed by atoms with Gasteiger partial charge in [0.1, 0.15) is 12.2 Å². The van der Waals surface area contributed by atoms with E-state index in [-0.39, 0.29) is 23.7 Å². The van der Waals surface area contributed by atoms with E-state index in [2.05, 4.69) is 6.08 Å². The number of benzene rings is 1. The molecule has 0 saturated heterocycles. The van der Waals surface area contributed by atoms with Gasteiger partial charge in [0, 0.05) is 29.7 Å². The van der Waals surface area contributed by atoms with Crippen LogP contribution in [0.25, 0.3) is 0 Å². The van der Waals surface area contributed by atoms with Gasteiger partial charge in [0.15, 0.2) is 11.5 Å². The number of aliphatic hydroxyl groups is 1. The third kappa shape index (κ3) is 4.58. The molecule has 3 N–H and O–H groups in total. The zero-order valence-corrected chi connectivity index (χ0v) is 20.8. The predicted octanol–water partition coefficient (Wildman–Crippen LogP) is 4.65. The number of hydrogen-bond donors (Lipinski definition) is 3.